The van der Waals surface area contributed by atoms with E-state index in [1.54, 1.807) is 0 Å². The van der Waals surface area contributed by atoms with Crippen molar-refractivity contribution in [3.05, 3.63) is 74.7 Å². The molecule has 0 bridgehead atoms. The van der Waals surface area contributed by atoms with Gasteiger partial charge in [-0.2, -0.15) is 0 Å². The van der Waals surface area contributed by atoms with Crippen LogP contribution in [0.5, 0.6) is 0 Å². The molecule has 0 spiro atoms. The van der Waals surface area contributed by atoms with E-state index in [-0.39, 0.29) is 33.5 Å². The SMILES string of the molecule is Cc1ccc2nc(NC(=O)CSc3nc(-c4ccc(F)cc4)nc4c3c(=O)n(C)c(=O)n4C)sc2c1. The molecule has 0 aliphatic rings. The number of aromatic nitrogens is 5. The average molecular weight is 523 g/mol. The number of hydrogen-bond donors (Lipinski definition) is 1. The molecule has 0 fully saturated rings. The van der Waals surface area contributed by atoms with Gasteiger partial charge in [0.1, 0.15) is 16.2 Å². The molecule has 0 aliphatic carbocycles. The second-order valence-electron chi connectivity index (χ2n) is 8.09. The van der Waals surface area contributed by atoms with Crippen LogP contribution in [0.3, 0.4) is 0 Å². The molecule has 2 aromatic carbocycles. The first-order valence-electron chi connectivity index (χ1n) is 10.7. The number of nitrogens with one attached hydrogen (secondary N) is 1. The molecule has 1 N–H and O–H groups in total. The largest absolute Gasteiger partial charge is 0.332 e. The first kappa shape index (κ1) is 23.8. The number of thiazole rings is 1. The van der Waals surface area contributed by atoms with Crippen LogP contribution in [0.1, 0.15) is 5.56 Å². The van der Waals surface area contributed by atoms with Crippen molar-refractivity contribution in [1.82, 2.24) is 24.1 Å². The number of aryl methyl sites for hydroxylation is 2. The molecule has 5 rings (SSSR count). The van der Waals surface area contributed by atoms with E-state index in [1.807, 2.05) is 25.1 Å². The minimum Gasteiger partial charge on any atom is -0.301 e. The maximum Gasteiger partial charge on any atom is 0.332 e. The van der Waals surface area contributed by atoms with Gasteiger partial charge < -0.3 is 5.32 Å². The van der Waals surface area contributed by atoms with Gasteiger partial charge in [-0.3, -0.25) is 18.7 Å². The lowest BCUT2D eigenvalue weighted by Gasteiger charge is -2.12. The number of carbonyl (C=O) groups is 1. The molecule has 1 amide bonds. The van der Waals surface area contributed by atoms with Crippen molar-refractivity contribution < 1.29 is 9.18 Å². The Balaban J connectivity index is 1.50. The molecule has 0 saturated carbocycles. The molecule has 12 heteroatoms. The highest BCUT2D eigenvalue weighted by molar-refractivity contribution is 8.00. The summed E-state index contributed by atoms with van der Waals surface area (Å²) >= 11 is 2.42. The number of fused-ring (bicyclic) bond motifs is 2. The monoisotopic (exact) mass is 522 g/mol. The van der Waals surface area contributed by atoms with Crippen LogP contribution in [0.2, 0.25) is 0 Å². The van der Waals surface area contributed by atoms with Gasteiger partial charge in [-0.25, -0.2) is 24.1 Å². The van der Waals surface area contributed by atoms with Gasteiger partial charge in [0, 0.05) is 19.7 Å². The lowest BCUT2D eigenvalue weighted by atomic mass is 10.2. The molecule has 0 saturated heterocycles. The zero-order valence-corrected chi connectivity index (χ0v) is 21.0. The van der Waals surface area contributed by atoms with Crippen molar-refractivity contribution in [3.63, 3.8) is 0 Å². The van der Waals surface area contributed by atoms with Crippen molar-refractivity contribution in [1.29, 1.82) is 0 Å². The zero-order chi connectivity index (χ0) is 25.6. The maximum absolute atomic E-state index is 13.4. The molecule has 0 aliphatic heterocycles. The summed E-state index contributed by atoms with van der Waals surface area (Å²) in [6, 6.07) is 11.4. The number of rotatable bonds is 5. The number of halogens is 1. The van der Waals surface area contributed by atoms with E-state index in [1.165, 1.54) is 54.3 Å². The van der Waals surface area contributed by atoms with E-state index in [2.05, 4.69) is 20.3 Å². The number of hydrogen-bond acceptors (Lipinski definition) is 8. The molecule has 5 aromatic rings. The summed E-state index contributed by atoms with van der Waals surface area (Å²) < 4.78 is 16.6. The van der Waals surface area contributed by atoms with Crippen LogP contribution >= 0.6 is 23.1 Å². The minimum absolute atomic E-state index is 0.0596. The van der Waals surface area contributed by atoms with Crippen LogP contribution in [-0.4, -0.2) is 35.7 Å². The average Bonchev–Trinajstić information content (AvgIpc) is 3.26. The van der Waals surface area contributed by atoms with E-state index in [0.29, 0.717) is 10.7 Å². The van der Waals surface area contributed by atoms with Gasteiger partial charge >= 0.3 is 5.69 Å². The number of carbonyl (C=O) groups excluding carboxylic acids is 1. The number of amides is 1. The predicted molar refractivity (Wildman–Crippen MR) is 139 cm³/mol. The molecule has 0 radical (unpaired) electrons. The molecule has 0 unspecified atom stereocenters. The predicted octanol–water partition coefficient (Wildman–Crippen LogP) is 3.48. The molecule has 36 heavy (non-hydrogen) atoms. The van der Waals surface area contributed by atoms with Gasteiger partial charge in [0.15, 0.2) is 16.6 Å². The minimum atomic E-state index is -0.566. The van der Waals surface area contributed by atoms with Gasteiger partial charge in [0.25, 0.3) is 5.56 Å². The van der Waals surface area contributed by atoms with Gasteiger partial charge in [-0.15, -0.1) is 0 Å². The van der Waals surface area contributed by atoms with Crippen molar-refractivity contribution >= 4 is 55.4 Å². The molecule has 0 atom stereocenters. The highest BCUT2D eigenvalue weighted by Crippen LogP contribution is 2.28. The van der Waals surface area contributed by atoms with E-state index >= 15 is 0 Å². The highest BCUT2D eigenvalue weighted by atomic mass is 32.2. The van der Waals surface area contributed by atoms with Crippen LogP contribution in [0.4, 0.5) is 9.52 Å². The Kier molecular flexibility index (Phi) is 6.14. The Morgan fingerprint density at radius 3 is 2.56 bits per heavy atom. The van der Waals surface area contributed by atoms with Crippen molar-refractivity contribution in [2.75, 3.05) is 11.1 Å². The second-order valence-corrected chi connectivity index (χ2v) is 10.1. The maximum atomic E-state index is 13.4. The summed E-state index contributed by atoms with van der Waals surface area (Å²) in [5.41, 5.74) is 1.41. The Morgan fingerprint density at radius 2 is 1.81 bits per heavy atom. The zero-order valence-electron chi connectivity index (χ0n) is 19.4. The van der Waals surface area contributed by atoms with Crippen LogP contribution in [0.25, 0.3) is 32.6 Å². The lowest BCUT2D eigenvalue weighted by molar-refractivity contribution is -0.113. The van der Waals surface area contributed by atoms with Crippen LogP contribution in [0.15, 0.2) is 57.1 Å². The summed E-state index contributed by atoms with van der Waals surface area (Å²) in [5.74, 6) is -0.601. The molecule has 3 aromatic heterocycles. The topological polar surface area (TPSA) is 112 Å². The molecule has 3 heterocycles. The van der Waals surface area contributed by atoms with E-state index in [4.69, 9.17) is 0 Å². The lowest BCUT2D eigenvalue weighted by Crippen LogP contribution is -2.37. The fraction of sp³-hybridized carbons (Fsp3) is 0.167. The van der Waals surface area contributed by atoms with Crippen LogP contribution in [-0.2, 0) is 18.9 Å². The highest BCUT2D eigenvalue weighted by Gasteiger charge is 2.19. The van der Waals surface area contributed by atoms with E-state index < -0.39 is 17.1 Å². The third-order valence-electron chi connectivity index (χ3n) is 5.50. The smallest absolute Gasteiger partial charge is 0.301 e. The molecule has 9 nitrogen and oxygen atoms in total. The summed E-state index contributed by atoms with van der Waals surface area (Å²) in [7, 11) is 2.87. The summed E-state index contributed by atoms with van der Waals surface area (Å²) in [6.07, 6.45) is 0. The fourth-order valence-corrected chi connectivity index (χ4v) is 5.43. The van der Waals surface area contributed by atoms with Crippen LogP contribution < -0.4 is 16.6 Å². The first-order chi connectivity index (χ1) is 17.2. The number of anilines is 1. The van der Waals surface area contributed by atoms with Gasteiger partial charge in [-0.1, -0.05) is 29.2 Å². The Bertz CT molecular complexity index is 1780. The second kappa shape index (κ2) is 9.28. The summed E-state index contributed by atoms with van der Waals surface area (Å²) in [5, 5.41) is 3.63. The number of thioether (sulfide) groups is 1. The van der Waals surface area contributed by atoms with E-state index in [0.717, 1.165) is 32.1 Å². The fourth-order valence-electron chi connectivity index (χ4n) is 3.64. The Morgan fingerprint density at radius 1 is 1.06 bits per heavy atom. The molecular weight excluding hydrogens is 503 g/mol. The number of benzene rings is 2. The van der Waals surface area contributed by atoms with Gasteiger partial charge in [-0.05, 0) is 48.9 Å². The molecular formula is C24H19FN6O3S2. The van der Waals surface area contributed by atoms with Gasteiger partial charge in [0.2, 0.25) is 5.91 Å². The van der Waals surface area contributed by atoms with E-state index in [9.17, 15) is 18.8 Å². The Labute approximate surface area is 211 Å². The number of nitrogens with zero attached hydrogens (tertiary/aromatic N) is 5. The first-order valence-corrected chi connectivity index (χ1v) is 12.5. The third-order valence-corrected chi connectivity index (χ3v) is 7.41. The van der Waals surface area contributed by atoms with Gasteiger partial charge in [0.05, 0.1) is 16.0 Å². The Hall–Kier alpha value is -3.90. The standard InChI is InChI=1S/C24H19FN6O3S2/c1-12-4-9-15-16(10-12)36-23(26-15)27-17(32)11-35-21-18-20(30(2)24(34)31(3)22(18)33)28-19(29-21)13-5-7-14(25)8-6-13/h4-10H,11H2,1-3H3,(H,26,27,32). The summed E-state index contributed by atoms with van der Waals surface area (Å²) in [6.45, 7) is 1.99. The quantitative estimate of drug-likeness (QED) is 0.278. The van der Waals surface area contributed by atoms with Crippen molar-refractivity contribution in [2.45, 2.75) is 11.9 Å². The summed E-state index contributed by atoms with van der Waals surface area (Å²) in [4.78, 5) is 51.6. The van der Waals surface area contributed by atoms with Crippen LogP contribution in [0, 0.1) is 12.7 Å². The van der Waals surface area contributed by atoms with Crippen molar-refractivity contribution in [2.24, 2.45) is 14.1 Å². The molecule has 182 valence electrons. The normalized spacial score (nSPS) is 11.3. The third kappa shape index (κ3) is 4.40. The van der Waals surface area contributed by atoms with Crippen molar-refractivity contribution in [3.8, 4) is 11.4 Å².